The molecule has 1 saturated carbocycles. The van der Waals surface area contributed by atoms with E-state index in [9.17, 15) is 13.2 Å². The Hall–Kier alpha value is -1.07. The van der Waals surface area contributed by atoms with E-state index in [1.54, 1.807) is 13.1 Å². The summed E-state index contributed by atoms with van der Waals surface area (Å²) in [7, 11) is 3.81. The topological polar surface area (TPSA) is 15.3 Å². The van der Waals surface area contributed by atoms with Crippen LogP contribution in [0.3, 0.4) is 0 Å². The number of rotatable bonds is 5. The van der Waals surface area contributed by atoms with E-state index >= 15 is 0 Å². The van der Waals surface area contributed by atoms with Crippen molar-refractivity contribution in [2.75, 3.05) is 20.6 Å². The minimum atomic E-state index is -4.28. The van der Waals surface area contributed by atoms with E-state index in [1.807, 2.05) is 7.05 Å². The molecule has 0 aromatic heterocycles. The quantitative estimate of drug-likeness (QED) is 0.886. The standard InChI is InChI=1S/C14H19F3N2/c1-18-13(9-19(2)12-6-7-12)10-4-3-5-11(8-10)14(15,16)17/h3-5,8,12-13,18H,6-7,9H2,1-2H3. The lowest BCUT2D eigenvalue weighted by atomic mass is 10.0. The summed E-state index contributed by atoms with van der Waals surface area (Å²) in [4.78, 5) is 2.21. The molecular formula is C14H19F3N2. The molecular weight excluding hydrogens is 253 g/mol. The van der Waals surface area contributed by atoms with Crippen LogP contribution >= 0.6 is 0 Å². The first-order valence-corrected chi connectivity index (χ1v) is 6.46. The van der Waals surface area contributed by atoms with Crippen molar-refractivity contribution in [3.05, 3.63) is 35.4 Å². The zero-order valence-corrected chi connectivity index (χ0v) is 11.2. The Morgan fingerprint density at radius 2 is 2.05 bits per heavy atom. The van der Waals surface area contributed by atoms with Crippen LogP contribution < -0.4 is 5.32 Å². The van der Waals surface area contributed by atoms with Crippen LogP contribution in [-0.4, -0.2) is 31.6 Å². The second kappa shape index (κ2) is 5.51. The number of nitrogens with zero attached hydrogens (tertiary/aromatic N) is 1. The highest BCUT2D eigenvalue weighted by atomic mass is 19.4. The number of nitrogens with one attached hydrogen (secondary N) is 1. The molecule has 106 valence electrons. The summed E-state index contributed by atoms with van der Waals surface area (Å²) in [5.41, 5.74) is 0.101. The Kier molecular flexibility index (Phi) is 4.16. The van der Waals surface area contributed by atoms with Crippen molar-refractivity contribution in [1.82, 2.24) is 10.2 Å². The Bertz CT molecular complexity index is 427. The molecule has 1 unspecified atom stereocenters. The summed E-state index contributed by atoms with van der Waals surface area (Å²) < 4.78 is 38.1. The average Bonchev–Trinajstić information content (AvgIpc) is 3.19. The summed E-state index contributed by atoms with van der Waals surface area (Å²) in [5, 5.41) is 3.10. The summed E-state index contributed by atoms with van der Waals surface area (Å²) in [6, 6.07) is 6.09. The summed E-state index contributed by atoms with van der Waals surface area (Å²) in [6.45, 7) is 0.725. The number of likely N-dealkylation sites (N-methyl/N-ethyl adjacent to an activating group) is 2. The fraction of sp³-hybridized carbons (Fsp3) is 0.571. The van der Waals surface area contributed by atoms with E-state index in [0.29, 0.717) is 11.6 Å². The van der Waals surface area contributed by atoms with Gasteiger partial charge in [0.2, 0.25) is 0 Å². The highest BCUT2D eigenvalue weighted by Gasteiger charge is 2.32. The van der Waals surface area contributed by atoms with E-state index in [-0.39, 0.29) is 6.04 Å². The van der Waals surface area contributed by atoms with Gasteiger partial charge < -0.3 is 10.2 Å². The maximum Gasteiger partial charge on any atom is 0.416 e. The third-order valence-electron chi connectivity index (χ3n) is 3.61. The minimum Gasteiger partial charge on any atom is -0.312 e. The molecule has 0 bridgehead atoms. The molecule has 0 spiro atoms. The molecule has 0 saturated heterocycles. The Labute approximate surface area is 111 Å². The molecule has 1 aliphatic rings. The van der Waals surface area contributed by atoms with Gasteiger partial charge >= 0.3 is 6.18 Å². The second-order valence-corrected chi connectivity index (χ2v) is 5.14. The lowest BCUT2D eigenvalue weighted by Gasteiger charge is -2.24. The molecule has 1 N–H and O–H groups in total. The van der Waals surface area contributed by atoms with Gasteiger partial charge in [-0.2, -0.15) is 13.2 Å². The van der Waals surface area contributed by atoms with Gasteiger partial charge in [-0.1, -0.05) is 12.1 Å². The van der Waals surface area contributed by atoms with Crippen LogP contribution in [0.5, 0.6) is 0 Å². The van der Waals surface area contributed by atoms with Crippen LogP contribution in [-0.2, 0) is 6.18 Å². The van der Waals surface area contributed by atoms with Gasteiger partial charge in [-0.15, -0.1) is 0 Å². The lowest BCUT2D eigenvalue weighted by molar-refractivity contribution is -0.137. The van der Waals surface area contributed by atoms with Gasteiger partial charge in [0.1, 0.15) is 0 Å². The van der Waals surface area contributed by atoms with Crippen LogP contribution in [0.4, 0.5) is 13.2 Å². The van der Waals surface area contributed by atoms with Crippen molar-refractivity contribution < 1.29 is 13.2 Å². The largest absolute Gasteiger partial charge is 0.416 e. The fourth-order valence-corrected chi connectivity index (χ4v) is 2.25. The first kappa shape index (κ1) is 14.3. The molecule has 2 rings (SSSR count). The van der Waals surface area contributed by atoms with Crippen molar-refractivity contribution in [3.8, 4) is 0 Å². The van der Waals surface area contributed by atoms with E-state index < -0.39 is 11.7 Å². The van der Waals surface area contributed by atoms with Gasteiger partial charge in [0.15, 0.2) is 0 Å². The zero-order chi connectivity index (χ0) is 14.0. The van der Waals surface area contributed by atoms with Gasteiger partial charge in [0.05, 0.1) is 5.56 Å². The molecule has 19 heavy (non-hydrogen) atoms. The van der Waals surface area contributed by atoms with Crippen LogP contribution in [0.25, 0.3) is 0 Å². The molecule has 1 fully saturated rings. The number of hydrogen-bond acceptors (Lipinski definition) is 2. The average molecular weight is 272 g/mol. The molecule has 5 heteroatoms. The van der Waals surface area contributed by atoms with Crippen molar-refractivity contribution in [3.63, 3.8) is 0 Å². The number of benzene rings is 1. The Morgan fingerprint density at radius 1 is 1.37 bits per heavy atom. The Morgan fingerprint density at radius 3 is 2.58 bits per heavy atom. The number of alkyl halides is 3. The van der Waals surface area contributed by atoms with Crippen LogP contribution in [0.1, 0.15) is 30.0 Å². The van der Waals surface area contributed by atoms with Gasteiger partial charge in [-0.3, -0.25) is 0 Å². The van der Waals surface area contributed by atoms with Crippen LogP contribution in [0.15, 0.2) is 24.3 Å². The molecule has 0 aliphatic heterocycles. The van der Waals surface area contributed by atoms with Gasteiger partial charge in [-0.25, -0.2) is 0 Å². The summed E-state index contributed by atoms with van der Waals surface area (Å²) in [5.74, 6) is 0. The van der Waals surface area contributed by atoms with Crippen LogP contribution in [0, 0.1) is 0 Å². The minimum absolute atomic E-state index is 0.0760. The van der Waals surface area contributed by atoms with Crippen LogP contribution in [0.2, 0.25) is 0 Å². The highest BCUT2D eigenvalue weighted by Crippen LogP contribution is 2.32. The normalized spacial score (nSPS) is 17.8. The van der Waals surface area contributed by atoms with E-state index in [2.05, 4.69) is 10.2 Å². The highest BCUT2D eigenvalue weighted by molar-refractivity contribution is 5.28. The van der Waals surface area contributed by atoms with Crippen molar-refractivity contribution in [2.45, 2.75) is 31.1 Å². The molecule has 1 aromatic carbocycles. The number of halogens is 3. The lowest BCUT2D eigenvalue weighted by Crippen LogP contribution is -2.32. The predicted molar refractivity (Wildman–Crippen MR) is 68.9 cm³/mol. The van der Waals surface area contributed by atoms with Crippen molar-refractivity contribution in [1.29, 1.82) is 0 Å². The van der Waals surface area contributed by atoms with Crippen molar-refractivity contribution >= 4 is 0 Å². The summed E-state index contributed by atoms with van der Waals surface area (Å²) in [6.07, 6.45) is -1.90. The van der Waals surface area contributed by atoms with Gasteiger partial charge in [0, 0.05) is 18.6 Å². The third kappa shape index (κ3) is 3.70. The molecule has 1 aromatic rings. The van der Waals surface area contributed by atoms with E-state index in [1.165, 1.54) is 25.0 Å². The maximum absolute atomic E-state index is 12.7. The molecule has 1 aliphatic carbocycles. The van der Waals surface area contributed by atoms with Gasteiger partial charge in [-0.05, 0) is 44.6 Å². The summed E-state index contributed by atoms with van der Waals surface area (Å²) >= 11 is 0. The molecule has 0 amide bonds. The molecule has 1 atom stereocenters. The Balaban J connectivity index is 2.13. The SMILES string of the molecule is CNC(CN(C)C1CC1)c1cccc(C(F)(F)F)c1. The molecule has 0 radical (unpaired) electrons. The predicted octanol–water partition coefficient (Wildman–Crippen LogP) is 3.06. The smallest absolute Gasteiger partial charge is 0.312 e. The third-order valence-corrected chi connectivity index (χ3v) is 3.61. The fourth-order valence-electron chi connectivity index (χ4n) is 2.25. The monoisotopic (exact) mass is 272 g/mol. The number of hydrogen-bond donors (Lipinski definition) is 1. The van der Waals surface area contributed by atoms with Gasteiger partial charge in [0.25, 0.3) is 0 Å². The van der Waals surface area contributed by atoms with Crippen molar-refractivity contribution in [2.24, 2.45) is 0 Å². The molecule has 0 heterocycles. The first-order chi connectivity index (χ1) is 8.91. The first-order valence-electron chi connectivity index (χ1n) is 6.46. The second-order valence-electron chi connectivity index (χ2n) is 5.14. The maximum atomic E-state index is 12.7. The zero-order valence-electron chi connectivity index (χ0n) is 11.2. The van der Waals surface area contributed by atoms with E-state index in [4.69, 9.17) is 0 Å². The van der Waals surface area contributed by atoms with E-state index in [0.717, 1.165) is 12.6 Å². The molecule has 2 nitrogen and oxygen atoms in total.